The van der Waals surface area contributed by atoms with Gasteiger partial charge in [-0.15, -0.1) is 11.7 Å². The molecule has 7 aromatic rings. The molecular weight excluding hydrogens is 1330 g/mol. The smallest absolute Gasteiger partial charge is 0.378 e. The molecule has 0 unspecified atom stereocenters. The van der Waals surface area contributed by atoms with E-state index in [1.54, 1.807) is 57.7 Å². The summed E-state index contributed by atoms with van der Waals surface area (Å²) in [6.07, 6.45) is 8.86. The molecule has 0 radical (unpaired) electrons. The molecule has 10 rings (SSSR count). The number of azide groups is 1. The molecule has 0 amide bonds. The van der Waals surface area contributed by atoms with E-state index in [4.69, 9.17) is 71.7 Å². The topological polar surface area (TPSA) is 310 Å². The average Bonchev–Trinajstić information content (AvgIpc) is 3.94. The number of nitrogens with zero attached hydrogens (tertiary/aromatic N) is 21. The molecule has 0 bridgehead atoms. The molecule has 3 fully saturated rings. The third kappa shape index (κ3) is 22.2. The molecule has 79 heavy (non-hydrogen) atoms. The molecule has 34 heteroatoms. The second-order valence-electron chi connectivity index (χ2n) is 15.6. The minimum absolute atomic E-state index is 0. The molecule has 0 aromatic carbocycles. The number of aromatic nitrogens is 12. The molecule has 0 N–H and O–H groups in total. The van der Waals surface area contributed by atoms with Crippen LogP contribution in [0.4, 0.5) is 21.8 Å². The molecule has 7 aromatic heterocycles. The van der Waals surface area contributed by atoms with E-state index >= 15 is 0 Å². The number of fused-ring (bicyclic) bond motifs is 3. The first-order valence-corrected chi connectivity index (χ1v) is 28.3. The van der Waals surface area contributed by atoms with Gasteiger partial charge in [0, 0.05) is 82.3 Å². The predicted octanol–water partition coefficient (Wildman–Crippen LogP) is 6.19. The summed E-state index contributed by atoms with van der Waals surface area (Å²) in [5.41, 5.74) is 29.8. The Kier molecular flexibility index (Phi) is 33.3. The predicted molar refractivity (Wildman–Crippen MR) is 305 cm³/mol. The van der Waals surface area contributed by atoms with Crippen molar-refractivity contribution in [3.8, 4) is 0 Å². The molecule has 10 heterocycles. The van der Waals surface area contributed by atoms with Crippen molar-refractivity contribution < 1.29 is 71.8 Å². The van der Waals surface area contributed by atoms with E-state index in [1.165, 1.54) is 4.91 Å². The number of alkyl halides is 2. The normalized spacial score (nSPS) is 13.6. The van der Waals surface area contributed by atoms with Gasteiger partial charge in [0.1, 0.15) is 22.2 Å². The van der Waals surface area contributed by atoms with E-state index in [1.807, 2.05) is 30.6 Å². The summed E-state index contributed by atoms with van der Waals surface area (Å²) in [7, 11) is 2.27. The summed E-state index contributed by atoms with van der Waals surface area (Å²) in [6, 6.07) is 5.75. The fourth-order valence-corrected chi connectivity index (χ4v) is 8.15. The summed E-state index contributed by atoms with van der Waals surface area (Å²) < 4.78 is 43.0. The summed E-state index contributed by atoms with van der Waals surface area (Å²) >= 11 is 27.5. The van der Waals surface area contributed by atoms with Gasteiger partial charge in [0.15, 0.2) is 17.5 Å². The Bertz CT molecular complexity index is 3080. The Balaban J connectivity index is 0.000000285. The molecule has 0 aliphatic carbocycles. The van der Waals surface area contributed by atoms with Crippen molar-refractivity contribution in [2.24, 2.45) is 5.11 Å². The maximum Gasteiger partial charge on any atom is 1.00 e. The standard InChI is InChI=1S/C16H18ClN7O2.C12H12BrClN4O.C12H12ClN7O.C4H8O.CH3F.Cu.HI.N3.Na/c1-25-10-12-9-24(22-21-12)8-11-6-13-14(18-7-11)15(20-16(17)19-13)23-2-4-26-5-3-23;13-6-8-5-9-10(15-7-8)11(17-12(14)16-9)18-1-3-19-4-2-18;13-12-17-9-5-8(7-16-19-14)6-15-10(9)11(18-12)20-1-3-21-4-2-20;1-3-4-5-2;1-2;;;1-3-2;/h6-7,9H,2-5,8,10H2,1H3;5,7H,1-4,6H2;5-6H,1-4,7H2;3H,1,4H2,2H3;1H3;;1H;;/q;;;;;+1;;-1;+1/p-1/i;;;;1D;;;;. The largest absolute Gasteiger partial charge is 1.00 e. The number of rotatable bonds is 12. The van der Waals surface area contributed by atoms with Crippen LogP contribution >= 0.6 is 71.1 Å². The minimum Gasteiger partial charge on any atom is -0.378 e. The maximum absolute atomic E-state index is 9.96. The molecule has 26 nitrogen and oxygen atoms in total. The van der Waals surface area contributed by atoms with E-state index in [-0.39, 0.29) is 52.0 Å². The van der Waals surface area contributed by atoms with Crippen molar-refractivity contribution in [1.82, 2.24) is 59.8 Å². The number of hydrogen-bond donors (Lipinski definition) is 0. The Hall–Kier alpha value is -4.30. The van der Waals surface area contributed by atoms with Crippen LogP contribution in [0.25, 0.3) is 59.5 Å². The number of halogens is 6. The molecule has 0 saturated carbocycles. The fourth-order valence-electron chi connectivity index (χ4n) is 7.33. The van der Waals surface area contributed by atoms with Crippen molar-refractivity contribution in [2.45, 2.75) is 25.0 Å². The van der Waals surface area contributed by atoms with Gasteiger partial charge in [-0.25, -0.2) is 19.6 Å². The fraction of sp³-hybridized carbons (Fsp3) is 0.444. The van der Waals surface area contributed by atoms with Crippen LogP contribution in [0, 0.1) is 0 Å². The molecule has 0 spiro atoms. The van der Waals surface area contributed by atoms with Crippen molar-refractivity contribution in [3.63, 3.8) is 0 Å². The van der Waals surface area contributed by atoms with E-state index in [2.05, 4.69) is 120 Å². The minimum atomic E-state index is -1.00. The maximum atomic E-state index is 9.96. The summed E-state index contributed by atoms with van der Waals surface area (Å²) in [5.74, 6) is 2.25. The van der Waals surface area contributed by atoms with Gasteiger partial charge in [0.05, 0.1) is 97.2 Å². The van der Waals surface area contributed by atoms with Gasteiger partial charge in [0.2, 0.25) is 15.9 Å². The van der Waals surface area contributed by atoms with Crippen LogP contribution in [0.1, 0.15) is 23.8 Å². The van der Waals surface area contributed by atoms with Crippen molar-refractivity contribution >= 4 is 122 Å². The molecule has 3 aliphatic heterocycles. The number of pyridine rings is 3. The van der Waals surface area contributed by atoms with Crippen LogP contribution in [0.15, 0.2) is 60.8 Å². The zero-order chi connectivity index (χ0) is 57.4. The van der Waals surface area contributed by atoms with E-state index in [9.17, 15) is 4.39 Å². The van der Waals surface area contributed by atoms with Crippen molar-refractivity contribution in [1.29, 1.82) is 0 Å². The molecule has 3 aliphatic rings. The van der Waals surface area contributed by atoms with Crippen molar-refractivity contribution in [3.05, 3.63) is 120 Å². The van der Waals surface area contributed by atoms with Crippen LogP contribution in [0.3, 0.4) is 0 Å². The van der Waals surface area contributed by atoms with Gasteiger partial charge < -0.3 is 49.4 Å². The zero-order valence-corrected chi connectivity index (χ0v) is 52.0. The van der Waals surface area contributed by atoms with Gasteiger partial charge in [0.25, 0.3) is 0 Å². The van der Waals surface area contributed by atoms with Gasteiger partial charge in [-0.2, -0.15) is 15.0 Å². The Labute approximate surface area is 520 Å². The zero-order valence-electron chi connectivity index (χ0n) is 44.1. The van der Waals surface area contributed by atoms with Crippen LogP contribution in [-0.2, 0) is 61.5 Å². The first kappa shape index (κ1) is 67.2. The van der Waals surface area contributed by atoms with Crippen LogP contribution < -0.4 is 44.3 Å². The second kappa shape index (κ2) is 39.2. The van der Waals surface area contributed by atoms with Crippen LogP contribution in [0.5, 0.6) is 0 Å². The number of anilines is 3. The first-order chi connectivity index (χ1) is 38.5. The van der Waals surface area contributed by atoms with Crippen molar-refractivity contribution in [2.75, 3.05) is 122 Å². The number of ether oxygens (including phenoxy) is 5. The number of morpholine rings is 3. The van der Waals surface area contributed by atoms with Gasteiger partial charge in [-0.3, -0.25) is 24.3 Å². The van der Waals surface area contributed by atoms with E-state index in [0.29, 0.717) is 81.8 Å². The van der Waals surface area contributed by atoms with Crippen LogP contribution in [0.2, 0.25) is 15.9 Å². The monoisotopic (exact) mass is 1380 g/mol. The number of hydrogen-bond acceptors (Lipinski definition) is 20. The second-order valence-corrected chi connectivity index (χ2v) is 17.2. The van der Waals surface area contributed by atoms with Gasteiger partial charge in [-0.1, -0.05) is 32.3 Å². The SMILES string of the molecule is C=CCOC.COCc1cn(Cc2cnc3c(N4CCOCC4)nc(Cl)nc3c2)nn1.Clc1nc(N2CCOCC2)c2ncc(CBr)cc2n1.[2H]CF.[Cu][I].[N-]=[N+]=NCc1cnc2c(N3CCOCC3)nc(Cl)nc2c1.[N-]=[N+]=[N-].[Na+]. The van der Waals surface area contributed by atoms with Gasteiger partial charge in [-0.05, 0) is 75.2 Å². The average molecular weight is 1390 g/mol. The third-order valence-corrected chi connectivity index (χ3v) is 11.7. The Morgan fingerprint density at radius 3 is 1.49 bits per heavy atom. The van der Waals surface area contributed by atoms with E-state index in [0.717, 1.165) is 95.2 Å². The summed E-state index contributed by atoms with van der Waals surface area (Å²) in [6.45, 7) is 13.9. The third-order valence-electron chi connectivity index (χ3n) is 10.6. The summed E-state index contributed by atoms with van der Waals surface area (Å²) in [5, 5.41) is 13.0. The molecular formula is C45H53BrCl3CuFIN21NaO5. The van der Waals surface area contributed by atoms with Gasteiger partial charge >= 0.3 is 62.7 Å². The Morgan fingerprint density at radius 1 is 0.734 bits per heavy atom. The van der Waals surface area contributed by atoms with Crippen LogP contribution in [-0.4, -0.2) is 167 Å². The molecule has 0 atom stereocenters. The van der Waals surface area contributed by atoms with E-state index < -0.39 is 7.15 Å². The number of methoxy groups -OCH3 is 2. The molecule has 422 valence electrons. The quantitative estimate of drug-likeness (QED) is 0.0192. The molecule has 3 saturated heterocycles. The Morgan fingerprint density at radius 2 is 1.13 bits per heavy atom. The first-order valence-electron chi connectivity index (χ1n) is 23.7. The summed E-state index contributed by atoms with van der Waals surface area (Å²) in [4.78, 5) is 49.8.